The molecule has 0 aliphatic carbocycles. The molecule has 154 valence electrons. The van der Waals surface area contributed by atoms with Crippen LogP contribution in [0.25, 0.3) is 6.08 Å². The molecular weight excluding hydrogens is 400 g/mol. The van der Waals surface area contributed by atoms with E-state index in [1.807, 2.05) is 6.92 Å². The zero-order valence-corrected chi connectivity index (χ0v) is 16.6. The van der Waals surface area contributed by atoms with Gasteiger partial charge < -0.3 is 15.2 Å². The maximum Gasteiger partial charge on any atom is 0.269 e. The number of carbonyl (C=O) groups is 1. The second-order valence-electron chi connectivity index (χ2n) is 5.90. The molecular formula is C19H20N2O7S. The number of nitrogens with zero attached hydrogens (tertiary/aromatic N) is 1. The van der Waals surface area contributed by atoms with Crippen LogP contribution in [0.2, 0.25) is 0 Å². The van der Waals surface area contributed by atoms with Gasteiger partial charge in [-0.3, -0.25) is 14.9 Å². The number of nitrogens with two attached hydrogens (primary N) is 1. The van der Waals surface area contributed by atoms with E-state index in [-0.39, 0.29) is 11.3 Å². The minimum absolute atomic E-state index is 0.168. The number of rotatable bonds is 9. The first-order valence-corrected chi connectivity index (χ1v) is 10.1. The smallest absolute Gasteiger partial charge is 0.269 e. The Bertz CT molecular complexity index is 1040. The molecule has 1 amide bonds. The molecule has 2 aromatic carbocycles. The first-order chi connectivity index (χ1) is 13.7. The molecule has 0 bridgehead atoms. The molecule has 0 heterocycles. The van der Waals surface area contributed by atoms with Crippen molar-refractivity contribution >= 4 is 27.5 Å². The van der Waals surface area contributed by atoms with E-state index < -0.39 is 31.3 Å². The predicted molar refractivity (Wildman–Crippen MR) is 107 cm³/mol. The Morgan fingerprint density at radius 3 is 2.34 bits per heavy atom. The van der Waals surface area contributed by atoms with Gasteiger partial charge in [0.1, 0.15) is 4.91 Å². The monoisotopic (exact) mass is 420 g/mol. The summed E-state index contributed by atoms with van der Waals surface area (Å²) in [5.74, 6) is -0.799. The van der Waals surface area contributed by atoms with Gasteiger partial charge in [-0.25, -0.2) is 8.42 Å². The highest BCUT2D eigenvalue weighted by Crippen LogP contribution is 2.29. The number of methoxy groups -OCH3 is 1. The Morgan fingerprint density at radius 1 is 1.17 bits per heavy atom. The first kappa shape index (κ1) is 21.9. The van der Waals surface area contributed by atoms with Crippen molar-refractivity contribution in [3.8, 4) is 11.5 Å². The number of primary amides is 1. The molecule has 0 aromatic heterocycles. The lowest BCUT2D eigenvalue weighted by Gasteiger charge is -2.11. The van der Waals surface area contributed by atoms with Gasteiger partial charge in [0.2, 0.25) is 0 Å². The lowest BCUT2D eigenvalue weighted by Crippen LogP contribution is -2.22. The molecule has 2 aromatic rings. The van der Waals surface area contributed by atoms with Crippen LogP contribution < -0.4 is 15.2 Å². The Balaban J connectivity index is 2.38. The molecule has 0 fully saturated rings. The van der Waals surface area contributed by atoms with Crippen molar-refractivity contribution in [2.45, 2.75) is 12.7 Å². The number of amides is 1. The van der Waals surface area contributed by atoms with E-state index in [9.17, 15) is 23.3 Å². The van der Waals surface area contributed by atoms with Crippen molar-refractivity contribution in [3.05, 3.63) is 68.6 Å². The van der Waals surface area contributed by atoms with Crippen LogP contribution in [-0.2, 0) is 20.4 Å². The van der Waals surface area contributed by atoms with E-state index in [0.29, 0.717) is 23.7 Å². The van der Waals surface area contributed by atoms with Crippen LogP contribution in [0, 0.1) is 10.1 Å². The summed E-state index contributed by atoms with van der Waals surface area (Å²) in [5, 5.41) is 10.7. The third kappa shape index (κ3) is 5.55. The lowest BCUT2D eigenvalue weighted by atomic mass is 10.2. The zero-order valence-electron chi connectivity index (χ0n) is 15.8. The van der Waals surface area contributed by atoms with Crippen molar-refractivity contribution in [2.75, 3.05) is 13.7 Å². The summed E-state index contributed by atoms with van der Waals surface area (Å²) in [4.78, 5) is 21.4. The van der Waals surface area contributed by atoms with Crippen molar-refractivity contribution in [1.82, 2.24) is 0 Å². The van der Waals surface area contributed by atoms with Crippen LogP contribution in [0.4, 0.5) is 5.69 Å². The Kier molecular flexibility index (Phi) is 6.94. The van der Waals surface area contributed by atoms with E-state index >= 15 is 0 Å². The van der Waals surface area contributed by atoms with Gasteiger partial charge in [0.15, 0.2) is 21.3 Å². The van der Waals surface area contributed by atoms with Crippen molar-refractivity contribution in [1.29, 1.82) is 0 Å². The fraction of sp³-hybridized carbons (Fsp3) is 0.211. The third-order valence-corrected chi connectivity index (χ3v) is 5.57. The molecule has 0 saturated heterocycles. The summed E-state index contributed by atoms with van der Waals surface area (Å²) in [6.45, 7) is 2.23. The molecule has 10 heteroatoms. The molecule has 0 spiro atoms. The predicted octanol–water partition coefficient (Wildman–Crippen LogP) is 2.44. The maximum absolute atomic E-state index is 12.7. The quantitative estimate of drug-likeness (QED) is 0.373. The van der Waals surface area contributed by atoms with Crippen LogP contribution in [0.15, 0.2) is 47.4 Å². The average molecular weight is 420 g/mol. The van der Waals surface area contributed by atoms with Crippen LogP contribution in [-0.4, -0.2) is 33.0 Å². The average Bonchev–Trinajstić information content (AvgIpc) is 2.66. The molecule has 0 saturated carbocycles. The number of sulfone groups is 1. The molecule has 2 N–H and O–H groups in total. The van der Waals surface area contributed by atoms with Gasteiger partial charge in [0, 0.05) is 12.1 Å². The first-order valence-electron chi connectivity index (χ1n) is 8.46. The van der Waals surface area contributed by atoms with Gasteiger partial charge >= 0.3 is 0 Å². The molecule has 0 unspecified atom stereocenters. The Morgan fingerprint density at radius 2 is 1.83 bits per heavy atom. The van der Waals surface area contributed by atoms with Gasteiger partial charge in [-0.15, -0.1) is 0 Å². The normalized spacial score (nSPS) is 11.7. The molecule has 0 aliphatic heterocycles. The van der Waals surface area contributed by atoms with Crippen LogP contribution >= 0.6 is 0 Å². The minimum atomic E-state index is -4.10. The number of non-ortho nitro benzene ring substituents is 1. The highest BCUT2D eigenvalue weighted by atomic mass is 32.2. The van der Waals surface area contributed by atoms with E-state index in [1.165, 1.54) is 37.4 Å². The molecule has 0 aliphatic rings. The third-order valence-electron chi connectivity index (χ3n) is 3.87. The standard InChI is InChI=1S/C19H20N2O7S/c1-3-28-16-9-6-14(10-17(16)27-2)11-18(19(20)22)29(25,26)12-13-4-7-15(8-5-13)21(23)24/h4-11H,3,12H2,1-2H3,(H2,20,22). The van der Waals surface area contributed by atoms with Gasteiger partial charge in [-0.05, 0) is 36.3 Å². The highest BCUT2D eigenvalue weighted by molar-refractivity contribution is 7.95. The summed E-state index contributed by atoms with van der Waals surface area (Å²) >= 11 is 0. The Labute approximate surface area is 167 Å². The van der Waals surface area contributed by atoms with E-state index in [2.05, 4.69) is 0 Å². The second-order valence-corrected chi connectivity index (χ2v) is 7.86. The van der Waals surface area contributed by atoms with Crippen molar-refractivity contribution in [3.63, 3.8) is 0 Å². The minimum Gasteiger partial charge on any atom is -0.493 e. The van der Waals surface area contributed by atoms with Crippen LogP contribution in [0.5, 0.6) is 11.5 Å². The summed E-state index contributed by atoms with van der Waals surface area (Å²) in [7, 11) is -2.67. The Hall–Kier alpha value is -3.40. The lowest BCUT2D eigenvalue weighted by molar-refractivity contribution is -0.384. The van der Waals surface area contributed by atoms with E-state index in [0.717, 1.165) is 6.08 Å². The van der Waals surface area contributed by atoms with Gasteiger partial charge in [-0.1, -0.05) is 18.2 Å². The van der Waals surface area contributed by atoms with Crippen LogP contribution in [0.1, 0.15) is 18.1 Å². The molecule has 0 atom stereocenters. The molecule has 2 rings (SSSR count). The number of benzene rings is 2. The van der Waals surface area contributed by atoms with Gasteiger partial charge in [-0.2, -0.15) is 0 Å². The molecule has 29 heavy (non-hydrogen) atoms. The fourth-order valence-electron chi connectivity index (χ4n) is 2.53. The zero-order chi connectivity index (χ0) is 21.6. The number of carbonyl (C=O) groups excluding carboxylic acids is 1. The number of nitro benzene ring substituents is 1. The maximum atomic E-state index is 12.7. The highest BCUT2D eigenvalue weighted by Gasteiger charge is 2.24. The summed E-state index contributed by atoms with van der Waals surface area (Å²) in [5.41, 5.74) is 5.80. The summed E-state index contributed by atoms with van der Waals surface area (Å²) in [6, 6.07) is 9.69. The van der Waals surface area contributed by atoms with Gasteiger partial charge in [0.25, 0.3) is 11.6 Å². The number of ether oxygens (including phenoxy) is 2. The van der Waals surface area contributed by atoms with E-state index in [4.69, 9.17) is 15.2 Å². The van der Waals surface area contributed by atoms with Gasteiger partial charge in [0.05, 0.1) is 24.4 Å². The van der Waals surface area contributed by atoms with Crippen LogP contribution in [0.3, 0.4) is 0 Å². The SMILES string of the molecule is CCOc1ccc(C=C(C(N)=O)S(=O)(=O)Cc2ccc([N+](=O)[O-])cc2)cc1OC. The largest absolute Gasteiger partial charge is 0.493 e. The molecule has 0 radical (unpaired) electrons. The summed E-state index contributed by atoms with van der Waals surface area (Å²) < 4.78 is 36.1. The van der Waals surface area contributed by atoms with Crippen molar-refractivity contribution in [2.24, 2.45) is 5.73 Å². The second kappa shape index (κ2) is 9.20. The summed E-state index contributed by atoms with van der Waals surface area (Å²) in [6.07, 6.45) is 1.15. The number of hydrogen-bond donors (Lipinski definition) is 1. The number of hydrogen-bond acceptors (Lipinski definition) is 7. The van der Waals surface area contributed by atoms with Crippen molar-refractivity contribution < 1.29 is 27.6 Å². The topological polar surface area (TPSA) is 139 Å². The molecule has 9 nitrogen and oxygen atoms in total. The number of nitro groups is 1. The van der Waals surface area contributed by atoms with E-state index in [1.54, 1.807) is 12.1 Å². The fourth-order valence-corrected chi connectivity index (χ4v) is 3.93.